The molecule has 0 unspecified atom stereocenters. The molecule has 0 aliphatic carbocycles. The summed E-state index contributed by atoms with van der Waals surface area (Å²) in [6.45, 7) is 10.6. The van der Waals surface area contributed by atoms with Crippen molar-refractivity contribution in [2.45, 2.75) is 52.9 Å². The minimum Gasteiger partial charge on any atom is -0.329 e. The van der Waals surface area contributed by atoms with Crippen LogP contribution in [0.2, 0.25) is 5.02 Å². The molecule has 0 radical (unpaired) electrons. The Morgan fingerprint density at radius 3 is 2.41 bits per heavy atom. The second-order valence-corrected chi connectivity index (χ2v) is 9.88. The van der Waals surface area contributed by atoms with E-state index in [1.807, 2.05) is 49.4 Å². The largest absolute Gasteiger partial charge is 0.329 e. The summed E-state index contributed by atoms with van der Waals surface area (Å²) in [6.07, 6.45) is 1.74. The lowest BCUT2D eigenvalue weighted by atomic mass is 9.92. The Bertz CT molecular complexity index is 1160. The van der Waals surface area contributed by atoms with Crippen LogP contribution in [0.3, 0.4) is 0 Å². The number of carbonyl (C=O) groups is 2. The fourth-order valence-corrected chi connectivity index (χ4v) is 3.80. The van der Waals surface area contributed by atoms with Crippen LogP contribution in [0.15, 0.2) is 54.6 Å². The van der Waals surface area contributed by atoms with Crippen LogP contribution in [0.25, 0.3) is 5.69 Å². The number of nitrogens with zero attached hydrogens (tertiary/aromatic N) is 3. The molecule has 0 saturated heterocycles. The molecule has 1 aromatic heterocycles. The summed E-state index contributed by atoms with van der Waals surface area (Å²) in [7, 11) is 0. The molecule has 3 aromatic rings. The highest BCUT2D eigenvalue weighted by Gasteiger charge is 2.24. The third-order valence-electron chi connectivity index (χ3n) is 5.60. The number of unbranched alkanes of at least 4 members (excludes halogenated alkanes) is 1. The topological polar surface area (TPSA) is 67.2 Å². The molecule has 0 fully saturated rings. The fourth-order valence-electron chi connectivity index (χ4n) is 3.58. The smallest absolute Gasteiger partial charge is 0.254 e. The molecule has 0 aliphatic heterocycles. The molecule has 2 amide bonds. The second kappa shape index (κ2) is 10.9. The third kappa shape index (κ3) is 6.06. The summed E-state index contributed by atoms with van der Waals surface area (Å²) in [5.41, 5.74) is 2.78. The van der Waals surface area contributed by atoms with Gasteiger partial charge in [0.05, 0.1) is 16.4 Å². The summed E-state index contributed by atoms with van der Waals surface area (Å²) in [5, 5.41) is 8.22. The normalized spacial score (nSPS) is 11.4. The van der Waals surface area contributed by atoms with Crippen molar-refractivity contribution in [1.29, 1.82) is 0 Å². The first-order valence-corrected chi connectivity index (χ1v) is 12.0. The second-order valence-electron chi connectivity index (χ2n) is 9.47. The summed E-state index contributed by atoms with van der Waals surface area (Å²) in [5.74, 6) is 0.0881. The Morgan fingerprint density at radius 2 is 1.76 bits per heavy atom. The molecule has 0 spiro atoms. The first-order chi connectivity index (χ1) is 16.1. The van der Waals surface area contributed by atoms with E-state index >= 15 is 0 Å². The van der Waals surface area contributed by atoms with E-state index in [1.54, 1.807) is 21.7 Å². The van der Waals surface area contributed by atoms with Gasteiger partial charge in [0, 0.05) is 23.6 Å². The van der Waals surface area contributed by atoms with Gasteiger partial charge in [-0.25, -0.2) is 4.68 Å². The van der Waals surface area contributed by atoms with E-state index < -0.39 is 0 Å². The predicted octanol–water partition coefficient (Wildman–Crippen LogP) is 6.01. The van der Waals surface area contributed by atoms with Gasteiger partial charge >= 0.3 is 0 Å². The van der Waals surface area contributed by atoms with E-state index in [0.29, 0.717) is 28.6 Å². The first kappa shape index (κ1) is 25.5. The Balaban J connectivity index is 1.88. The molecule has 0 saturated carbocycles. The highest BCUT2D eigenvalue weighted by atomic mass is 35.5. The van der Waals surface area contributed by atoms with E-state index in [2.05, 4.69) is 33.0 Å². The Kier molecular flexibility index (Phi) is 8.15. The zero-order chi connectivity index (χ0) is 24.9. The average molecular weight is 481 g/mol. The molecule has 0 bridgehead atoms. The molecule has 0 atom stereocenters. The van der Waals surface area contributed by atoms with Gasteiger partial charge in [0.2, 0.25) is 5.91 Å². The zero-order valence-electron chi connectivity index (χ0n) is 20.6. The van der Waals surface area contributed by atoms with E-state index in [-0.39, 0.29) is 23.8 Å². The Hall–Kier alpha value is -3.12. The number of aromatic nitrogens is 2. The van der Waals surface area contributed by atoms with Crippen LogP contribution < -0.4 is 5.32 Å². The number of halogens is 1. The lowest BCUT2D eigenvalue weighted by Crippen LogP contribution is -2.39. The van der Waals surface area contributed by atoms with Crippen molar-refractivity contribution in [1.82, 2.24) is 14.7 Å². The number of hydrogen-bond acceptors (Lipinski definition) is 3. The van der Waals surface area contributed by atoms with Crippen molar-refractivity contribution in [2.24, 2.45) is 0 Å². The quantitative estimate of drug-likeness (QED) is 0.429. The molecule has 2 aromatic carbocycles. The SMILES string of the molecule is CCCCN(CC(=O)Nc1cc(C(C)(C)C)nn1-c1ccccc1Cl)C(=O)c1ccccc1C. The maximum absolute atomic E-state index is 13.2. The van der Waals surface area contributed by atoms with Crippen molar-refractivity contribution in [3.63, 3.8) is 0 Å². The number of rotatable bonds is 8. The number of amides is 2. The highest BCUT2D eigenvalue weighted by molar-refractivity contribution is 6.32. The number of benzene rings is 2. The molecule has 7 heteroatoms. The van der Waals surface area contributed by atoms with Crippen LogP contribution in [0.5, 0.6) is 0 Å². The molecular weight excluding hydrogens is 448 g/mol. The number of carbonyl (C=O) groups excluding carboxylic acids is 2. The van der Waals surface area contributed by atoms with Crippen molar-refractivity contribution >= 4 is 29.2 Å². The van der Waals surface area contributed by atoms with E-state index in [9.17, 15) is 9.59 Å². The maximum atomic E-state index is 13.2. The minimum absolute atomic E-state index is 0.0499. The minimum atomic E-state index is -0.285. The van der Waals surface area contributed by atoms with Gasteiger partial charge in [0.25, 0.3) is 5.91 Å². The van der Waals surface area contributed by atoms with Crippen LogP contribution in [0.1, 0.15) is 62.2 Å². The maximum Gasteiger partial charge on any atom is 0.254 e. The summed E-state index contributed by atoms with van der Waals surface area (Å²) >= 11 is 6.43. The number of anilines is 1. The Morgan fingerprint density at radius 1 is 1.09 bits per heavy atom. The lowest BCUT2D eigenvalue weighted by Gasteiger charge is -2.23. The summed E-state index contributed by atoms with van der Waals surface area (Å²) in [4.78, 5) is 28.0. The molecular formula is C27H33ClN4O2. The average Bonchev–Trinajstić information content (AvgIpc) is 3.20. The first-order valence-electron chi connectivity index (χ1n) is 11.6. The van der Waals surface area contributed by atoms with Crippen molar-refractivity contribution in [3.8, 4) is 5.69 Å². The van der Waals surface area contributed by atoms with Crippen molar-refractivity contribution in [3.05, 3.63) is 76.4 Å². The van der Waals surface area contributed by atoms with Crippen LogP contribution in [-0.4, -0.2) is 39.6 Å². The number of aryl methyl sites for hydroxylation is 1. The van der Waals surface area contributed by atoms with Gasteiger partial charge in [0.1, 0.15) is 12.4 Å². The third-order valence-corrected chi connectivity index (χ3v) is 5.92. The number of nitrogens with one attached hydrogen (secondary N) is 1. The van der Waals surface area contributed by atoms with Crippen molar-refractivity contribution < 1.29 is 9.59 Å². The van der Waals surface area contributed by atoms with Gasteiger partial charge in [-0.15, -0.1) is 0 Å². The molecule has 6 nitrogen and oxygen atoms in total. The van der Waals surface area contributed by atoms with Gasteiger partial charge in [-0.3, -0.25) is 9.59 Å². The zero-order valence-corrected chi connectivity index (χ0v) is 21.3. The summed E-state index contributed by atoms with van der Waals surface area (Å²) < 4.78 is 1.65. The fraction of sp³-hybridized carbons (Fsp3) is 0.370. The monoisotopic (exact) mass is 480 g/mol. The standard InChI is InChI=1S/C27H33ClN4O2/c1-6-7-16-31(26(34)20-13-9-8-12-19(20)2)18-25(33)29-24-17-23(27(3,4)5)30-32(24)22-15-11-10-14-21(22)28/h8-15,17H,6-7,16,18H2,1-5H3,(H,29,33). The predicted molar refractivity (Wildman–Crippen MR) is 138 cm³/mol. The van der Waals surface area contributed by atoms with Crippen LogP contribution in [-0.2, 0) is 10.2 Å². The molecule has 1 N–H and O–H groups in total. The molecule has 180 valence electrons. The van der Waals surface area contributed by atoms with Gasteiger partial charge in [-0.05, 0) is 37.1 Å². The van der Waals surface area contributed by atoms with Gasteiger partial charge in [-0.1, -0.05) is 76.0 Å². The molecule has 3 rings (SSSR count). The van der Waals surface area contributed by atoms with Gasteiger partial charge in [0.15, 0.2) is 0 Å². The van der Waals surface area contributed by atoms with Gasteiger partial charge < -0.3 is 10.2 Å². The van der Waals surface area contributed by atoms with Crippen LogP contribution >= 0.6 is 11.6 Å². The van der Waals surface area contributed by atoms with Crippen LogP contribution in [0.4, 0.5) is 5.82 Å². The van der Waals surface area contributed by atoms with E-state index in [0.717, 1.165) is 24.1 Å². The number of para-hydroxylation sites is 1. The number of hydrogen-bond donors (Lipinski definition) is 1. The highest BCUT2D eigenvalue weighted by Crippen LogP contribution is 2.29. The molecule has 34 heavy (non-hydrogen) atoms. The van der Waals surface area contributed by atoms with Crippen molar-refractivity contribution in [2.75, 3.05) is 18.4 Å². The van der Waals surface area contributed by atoms with Gasteiger partial charge in [-0.2, -0.15) is 5.10 Å². The molecule has 0 aliphatic rings. The summed E-state index contributed by atoms with van der Waals surface area (Å²) in [6, 6.07) is 16.7. The van der Waals surface area contributed by atoms with E-state index in [1.165, 1.54) is 0 Å². The molecule has 1 heterocycles. The van der Waals surface area contributed by atoms with E-state index in [4.69, 9.17) is 16.7 Å². The van der Waals surface area contributed by atoms with Crippen LogP contribution in [0, 0.1) is 6.92 Å². The lowest BCUT2D eigenvalue weighted by molar-refractivity contribution is -0.117. The Labute approximate surface area is 206 Å².